The highest BCUT2D eigenvalue weighted by Crippen LogP contribution is 2.30. The number of ether oxygens (including phenoxy) is 1. The van der Waals surface area contributed by atoms with E-state index in [1.807, 2.05) is 60.3 Å². The van der Waals surface area contributed by atoms with E-state index < -0.39 is 0 Å². The Morgan fingerprint density at radius 2 is 2.04 bits per heavy atom. The molecule has 0 fully saturated rings. The van der Waals surface area contributed by atoms with E-state index in [1.54, 1.807) is 13.3 Å². The van der Waals surface area contributed by atoms with Crippen LogP contribution in [0, 0.1) is 11.8 Å². The maximum absolute atomic E-state index is 11.5. The normalized spacial score (nSPS) is 11.0. The summed E-state index contributed by atoms with van der Waals surface area (Å²) < 4.78 is 8.64. The molecular weight excluding hydrogens is 362 g/mol. The van der Waals surface area contributed by atoms with Gasteiger partial charge in [0.2, 0.25) is 0 Å². The van der Waals surface area contributed by atoms with E-state index in [2.05, 4.69) is 15.3 Å². The lowest BCUT2D eigenvalue weighted by Gasteiger charge is -2.08. The van der Waals surface area contributed by atoms with Crippen molar-refractivity contribution in [1.29, 1.82) is 0 Å². The average Bonchev–Trinajstić information content (AvgIpc) is 3.34. The van der Waals surface area contributed by atoms with Crippen molar-refractivity contribution in [3.63, 3.8) is 0 Å². The lowest BCUT2D eigenvalue weighted by Crippen LogP contribution is -1.97. The predicted molar refractivity (Wildman–Crippen MR) is 105 cm³/mol. The molecule has 0 atom stereocenters. The fraction of sp³-hybridized carbons (Fsp3) is 0.158. The largest absolute Gasteiger partial charge is 0.496 e. The molecule has 0 aliphatic heterocycles. The smallest absolute Gasteiger partial charge is 0.193 e. The molecule has 0 N–H and O–H groups in total. The van der Waals surface area contributed by atoms with Gasteiger partial charge in [0, 0.05) is 35.6 Å². The third-order valence-corrected chi connectivity index (χ3v) is 5.33. The van der Waals surface area contributed by atoms with Crippen LogP contribution in [0.25, 0.3) is 16.7 Å². The number of fused-ring (bicyclic) bond motifs is 1. The highest BCUT2D eigenvalue weighted by Gasteiger charge is 2.15. The van der Waals surface area contributed by atoms with Gasteiger partial charge in [-0.25, -0.2) is 4.98 Å². The number of imidazole rings is 1. The number of thioether (sulfide) groups is 1. The second kappa shape index (κ2) is 7.24. The van der Waals surface area contributed by atoms with Crippen LogP contribution in [0.15, 0.2) is 65.4 Å². The summed E-state index contributed by atoms with van der Waals surface area (Å²) in [7, 11) is 1.64. The van der Waals surface area contributed by atoms with E-state index in [-0.39, 0.29) is 0 Å². The maximum Gasteiger partial charge on any atom is 0.193 e. The van der Waals surface area contributed by atoms with Gasteiger partial charge < -0.3 is 9.30 Å². The van der Waals surface area contributed by atoms with E-state index >= 15 is 0 Å². The molecule has 0 aliphatic carbocycles. The maximum atomic E-state index is 11.5. The van der Waals surface area contributed by atoms with Crippen LogP contribution in [-0.4, -0.2) is 26.3 Å². The minimum absolute atomic E-state index is 0.536. The quantitative estimate of drug-likeness (QED) is 0.367. The van der Waals surface area contributed by atoms with E-state index in [9.17, 15) is 4.91 Å². The highest BCUT2D eigenvalue weighted by atomic mass is 32.2. The van der Waals surface area contributed by atoms with Crippen molar-refractivity contribution < 1.29 is 4.74 Å². The molecule has 0 saturated heterocycles. The molecule has 0 unspecified atom stereocenters. The van der Waals surface area contributed by atoms with Crippen molar-refractivity contribution in [2.75, 3.05) is 7.11 Å². The molecule has 0 amide bonds. The van der Waals surface area contributed by atoms with Crippen LogP contribution in [0.2, 0.25) is 0 Å². The summed E-state index contributed by atoms with van der Waals surface area (Å²) in [5.41, 5.74) is 4.21. The molecular formula is C19H17N5O2S. The van der Waals surface area contributed by atoms with Crippen LogP contribution >= 0.6 is 11.8 Å². The summed E-state index contributed by atoms with van der Waals surface area (Å²) in [6, 6.07) is 11.5. The summed E-state index contributed by atoms with van der Waals surface area (Å²) >= 11 is 1.42. The second-order valence-corrected chi connectivity index (χ2v) is 6.87. The fourth-order valence-electron chi connectivity index (χ4n) is 2.93. The number of hydrogen-bond acceptors (Lipinski definition) is 6. The number of hydrogen-bond donors (Lipinski definition) is 0. The fourth-order valence-corrected chi connectivity index (χ4v) is 3.90. The molecule has 4 rings (SSSR count). The molecule has 27 heavy (non-hydrogen) atoms. The van der Waals surface area contributed by atoms with Crippen LogP contribution < -0.4 is 4.74 Å². The van der Waals surface area contributed by atoms with Gasteiger partial charge in [-0.3, -0.25) is 4.98 Å². The molecule has 8 heteroatoms. The first kappa shape index (κ1) is 17.3. The Morgan fingerprint density at radius 1 is 1.22 bits per heavy atom. The van der Waals surface area contributed by atoms with Crippen LogP contribution in [-0.2, 0) is 5.75 Å². The predicted octanol–water partition coefficient (Wildman–Crippen LogP) is 4.36. The summed E-state index contributed by atoms with van der Waals surface area (Å²) in [5.74, 6) is 1.35. The number of nitrogens with zero attached hydrogens (tertiary/aromatic N) is 5. The first-order valence-electron chi connectivity index (χ1n) is 8.32. The van der Waals surface area contributed by atoms with E-state index in [1.165, 1.54) is 16.4 Å². The van der Waals surface area contributed by atoms with Crippen molar-refractivity contribution >= 4 is 22.8 Å². The molecule has 0 spiro atoms. The molecule has 1 aromatic carbocycles. The van der Waals surface area contributed by atoms with Crippen molar-refractivity contribution in [1.82, 2.24) is 19.2 Å². The Bertz CT molecular complexity index is 1100. The Kier molecular flexibility index (Phi) is 4.64. The van der Waals surface area contributed by atoms with Crippen molar-refractivity contribution in [3.8, 4) is 11.4 Å². The van der Waals surface area contributed by atoms with Gasteiger partial charge in [0.05, 0.1) is 29.1 Å². The number of benzene rings is 1. The van der Waals surface area contributed by atoms with Gasteiger partial charge in [0.25, 0.3) is 0 Å². The SMILES string of the molecule is COc1ccnc(CSc2nc3ccc(-n4cccc4)cc3n2N=O)c1C. The monoisotopic (exact) mass is 379 g/mol. The number of pyridine rings is 1. The minimum Gasteiger partial charge on any atom is -0.496 e. The summed E-state index contributed by atoms with van der Waals surface area (Å²) in [4.78, 5) is 20.5. The van der Waals surface area contributed by atoms with E-state index in [0.717, 1.165) is 28.2 Å². The Labute approximate surface area is 160 Å². The standard InChI is InChI=1S/C19H17N5O2S/c1-13-16(20-8-7-18(13)26-2)12-27-19-21-15-6-5-14(23-9-3-4-10-23)11-17(15)24(19)22-25/h3-11H,12H2,1-2H3. The molecule has 4 aromatic rings. The average molecular weight is 379 g/mol. The van der Waals surface area contributed by atoms with Crippen molar-refractivity contribution in [2.24, 2.45) is 5.29 Å². The Hall–Kier alpha value is -3.13. The van der Waals surface area contributed by atoms with E-state index in [0.29, 0.717) is 16.4 Å². The van der Waals surface area contributed by atoms with Crippen molar-refractivity contribution in [2.45, 2.75) is 17.8 Å². The molecule has 7 nitrogen and oxygen atoms in total. The van der Waals surface area contributed by atoms with Crippen LogP contribution in [0.4, 0.5) is 0 Å². The molecule has 3 heterocycles. The zero-order valence-corrected chi connectivity index (χ0v) is 15.7. The zero-order valence-electron chi connectivity index (χ0n) is 14.9. The van der Waals surface area contributed by atoms with Crippen molar-refractivity contribution in [3.05, 3.63) is 71.2 Å². The minimum atomic E-state index is 0.536. The van der Waals surface area contributed by atoms with Crippen LogP contribution in [0.3, 0.4) is 0 Å². The first-order valence-corrected chi connectivity index (χ1v) is 9.30. The van der Waals surface area contributed by atoms with E-state index in [4.69, 9.17) is 4.74 Å². The summed E-state index contributed by atoms with van der Waals surface area (Å²) in [6.45, 7) is 1.96. The number of aromatic nitrogens is 4. The third-order valence-electron chi connectivity index (χ3n) is 4.39. The topological polar surface area (TPSA) is 74.3 Å². The molecule has 0 saturated carbocycles. The second-order valence-electron chi connectivity index (χ2n) is 5.92. The molecule has 0 aliphatic rings. The lowest BCUT2D eigenvalue weighted by atomic mass is 10.2. The van der Waals surface area contributed by atoms with Gasteiger partial charge in [0.15, 0.2) is 5.16 Å². The van der Waals surface area contributed by atoms with Gasteiger partial charge in [-0.1, -0.05) is 11.8 Å². The number of methoxy groups -OCH3 is 1. The summed E-state index contributed by atoms with van der Waals surface area (Å²) in [5, 5.41) is 3.71. The summed E-state index contributed by atoms with van der Waals surface area (Å²) in [6.07, 6.45) is 5.61. The molecule has 3 aromatic heterocycles. The third kappa shape index (κ3) is 3.19. The Balaban J connectivity index is 1.67. The Morgan fingerprint density at radius 3 is 2.78 bits per heavy atom. The lowest BCUT2D eigenvalue weighted by molar-refractivity contribution is 0.410. The highest BCUT2D eigenvalue weighted by molar-refractivity contribution is 7.98. The number of nitroso groups, excluding NO2 is 1. The molecule has 136 valence electrons. The van der Waals surface area contributed by atoms with Gasteiger partial charge in [-0.2, -0.15) is 4.68 Å². The first-order chi connectivity index (χ1) is 13.2. The van der Waals surface area contributed by atoms with Gasteiger partial charge in [0.1, 0.15) is 5.75 Å². The van der Waals surface area contributed by atoms with Gasteiger partial charge in [-0.15, -0.1) is 4.91 Å². The number of rotatable bonds is 6. The van der Waals surface area contributed by atoms with Gasteiger partial charge >= 0.3 is 0 Å². The van der Waals surface area contributed by atoms with Crippen LogP contribution in [0.5, 0.6) is 5.75 Å². The zero-order chi connectivity index (χ0) is 18.8. The molecule has 0 bridgehead atoms. The van der Waals surface area contributed by atoms with Crippen LogP contribution in [0.1, 0.15) is 11.3 Å². The van der Waals surface area contributed by atoms with Gasteiger partial charge in [-0.05, 0) is 43.3 Å². The molecule has 0 radical (unpaired) electrons.